The molecule has 61 heavy (non-hydrogen) atoms. The van der Waals surface area contributed by atoms with Gasteiger partial charge in [-0.25, -0.2) is 0 Å². The third-order valence-corrected chi connectivity index (χ3v) is 13.3. The van der Waals surface area contributed by atoms with Gasteiger partial charge in [0, 0.05) is 11.6 Å². The first kappa shape index (κ1) is 36.9. The lowest BCUT2D eigenvalue weighted by Crippen LogP contribution is -2.17. The Morgan fingerprint density at radius 3 is 1.61 bits per heavy atom. The van der Waals surface area contributed by atoms with Gasteiger partial charge in [-0.05, 0) is 167 Å². The smallest absolute Gasteiger partial charge is 0.0629 e. The van der Waals surface area contributed by atoms with Gasteiger partial charge in [0.25, 0.3) is 0 Å². The molecule has 0 atom stereocenters. The summed E-state index contributed by atoms with van der Waals surface area (Å²) >= 11 is 0. The molecule has 292 valence electrons. The SMILES string of the molecule is CC1(C)C2=C(CCC(C3=CC(/C=N/c4ccccc4)=CCC3)=C2)c2cc3c(-c4cccc(-c5ccccc5)c4)c4ccccc4c(-c4cccc(-c5ccccc5)c4)c3cc21. The fraction of sp³-hybridized carbons (Fsp3) is 0.117. The number of allylic oxidation sites excluding steroid dienone is 8. The van der Waals surface area contributed by atoms with Crippen molar-refractivity contribution >= 4 is 39.0 Å². The van der Waals surface area contributed by atoms with Crippen LogP contribution in [-0.2, 0) is 5.41 Å². The van der Waals surface area contributed by atoms with Crippen molar-refractivity contribution in [2.45, 2.75) is 44.9 Å². The number of fused-ring (bicyclic) bond motifs is 4. The highest BCUT2D eigenvalue weighted by atomic mass is 14.7. The van der Waals surface area contributed by atoms with Crippen LogP contribution in [0.1, 0.15) is 50.7 Å². The minimum Gasteiger partial charge on any atom is -0.256 e. The normalized spacial score (nSPS) is 15.7. The molecule has 1 nitrogen and oxygen atoms in total. The average molecular weight is 782 g/mol. The van der Waals surface area contributed by atoms with Gasteiger partial charge < -0.3 is 0 Å². The molecule has 8 aromatic rings. The van der Waals surface area contributed by atoms with Crippen LogP contribution in [0, 0.1) is 0 Å². The summed E-state index contributed by atoms with van der Waals surface area (Å²) in [5, 5.41) is 5.17. The lowest BCUT2D eigenvalue weighted by Gasteiger charge is -2.27. The zero-order valence-corrected chi connectivity index (χ0v) is 34.8. The maximum Gasteiger partial charge on any atom is 0.0629 e. The molecule has 0 saturated heterocycles. The highest BCUT2D eigenvalue weighted by Gasteiger charge is 2.39. The largest absolute Gasteiger partial charge is 0.256 e. The number of benzene rings is 8. The van der Waals surface area contributed by atoms with Crippen molar-refractivity contribution in [1.82, 2.24) is 0 Å². The second kappa shape index (κ2) is 15.2. The number of aliphatic imine (C=N–C) groups is 1. The van der Waals surface area contributed by atoms with Gasteiger partial charge in [-0.15, -0.1) is 0 Å². The van der Waals surface area contributed by atoms with Gasteiger partial charge >= 0.3 is 0 Å². The number of rotatable bonds is 7. The van der Waals surface area contributed by atoms with Crippen LogP contribution in [-0.4, -0.2) is 6.21 Å². The summed E-state index contributed by atoms with van der Waals surface area (Å²) in [5.41, 5.74) is 20.8. The van der Waals surface area contributed by atoms with Gasteiger partial charge in [-0.3, -0.25) is 4.99 Å². The van der Waals surface area contributed by atoms with Gasteiger partial charge in [0.05, 0.1) is 5.69 Å². The predicted octanol–water partition coefficient (Wildman–Crippen LogP) is 16.5. The van der Waals surface area contributed by atoms with Crippen molar-refractivity contribution < 1.29 is 0 Å². The average Bonchev–Trinajstić information content (AvgIpc) is 3.54. The quantitative estimate of drug-likeness (QED) is 0.113. The number of para-hydroxylation sites is 1. The molecule has 0 fully saturated rings. The number of hydrogen-bond donors (Lipinski definition) is 0. The van der Waals surface area contributed by atoms with Gasteiger partial charge in [0.1, 0.15) is 0 Å². The van der Waals surface area contributed by atoms with Crippen LogP contribution in [0.2, 0.25) is 0 Å². The van der Waals surface area contributed by atoms with Gasteiger partial charge in [0.2, 0.25) is 0 Å². The second-order valence-electron chi connectivity index (χ2n) is 17.3. The van der Waals surface area contributed by atoms with Crippen LogP contribution < -0.4 is 0 Å². The molecular formula is C60H47N. The first-order valence-electron chi connectivity index (χ1n) is 21.8. The monoisotopic (exact) mass is 781 g/mol. The maximum absolute atomic E-state index is 4.79. The minimum absolute atomic E-state index is 0.157. The molecule has 0 unspecified atom stereocenters. The van der Waals surface area contributed by atoms with E-state index in [-0.39, 0.29) is 5.41 Å². The van der Waals surface area contributed by atoms with E-state index in [0.29, 0.717) is 0 Å². The Morgan fingerprint density at radius 2 is 0.984 bits per heavy atom. The predicted molar refractivity (Wildman–Crippen MR) is 260 cm³/mol. The highest BCUT2D eigenvalue weighted by Crippen LogP contribution is 2.55. The molecule has 0 saturated carbocycles. The van der Waals surface area contributed by atoms with Crippen molar-refractivity contribution in [3.8, 4) is 44.5 Å². The molecule has 0 aliphatic heterocycles. The topological polar surface area (TPSA) is 12.4 Å². The first-order valence-corrected chi connectivity index (χ1v) is 21.8. The van der Waals surface area contributed by atoms with Gasteiger partial charge in [-0.2, -0.15) is 0 Å². The van der Waals surface area contributed by atoms with E-state index in [4.69, 9.17) is 4.99 Å². The van der Waals surface area contributed by atoms with Crippen LogP contribution in [0.3, 0.4) is 0 Å². The van der Waals surface area contributed by atoms with Gasteiger partial charge in [-0.1, -0.05) is 172 Å². The Balaban J connectivity index is 1.11. The summed E-state index contributed by atoms with van der Waals surface area (Å²) < 4.78 is 0. The molecular weight excluding hydrogens is 735 g/mol. The summed E-state index contributed by atoms with van der Waals surface area (Å²) in [5.74, 6) is 0. The van der Waals surface area contributed by atoms with E-state index in [1.165, 1.54) is 105 Å². The molecule has 3 aliphatic rings. The third-order valence-electron chi connectivity index (χ3n) is 13.3. The number of hydrogen-bond acceptors (Lipinski definition) is 1. The van der Waals surface area contributed by atoms with Crippen molar-refractivity contribution in [3.05, 3.63) is 228 Å². The summed E-state index contributed by atoms with van der Waals surface area (Å²) in [6.45, 7) is 4.90. The summed E-state index contributed by atoms with van der Waals surface area (Å²) in [6.07, 6.45) is 13.5. The van der Waals surface area contributed by atoms with Crippen molar-refractivity contribution in [2.75, 3.05) is 0 Å². The maximum atomic E-state index is 4.79. The van der Waals surface area contributed by atoms with E-state index in [9.17, 15) is 0 Å². The third kappa shape index (κ3) is 6.62. The zero-order valence-electron chi connectivity index (χ0n) is 34.8. The lowest BCUT2D eigenvalue weighted by atomic mass is 9.76. The Labute approximate surface area is 359 Å². The van der Waals surface area contributed by atoms with E-state index < -0.39 is 0 Å². The molecule has 11 rings (SSSR count). The molecule has 0 N–H and O–H groups in total. The van der Waals surface area contributed by atoms with Crippen LogP contribution in [0.4, 0.5) is 5.69 Å². The Kier molecular flexibility index (Phi) is 9.20. The molecule has 3 aliphatic carbocycles. The van der Waals surface area contributed by atoms with Crippen molar-refractivity contribution in [2.24, 2.45) is 4.99 Å². The van der Waals surface area contributed by atoms with Crippen molar-refractivity contribution in [3.63, 3.8) is 0 Å². The molecule has 0 amide bonds. The van der Waals surface area contributed by atoms with Crippen LogP contribution in [0.5, 0.6) is 0 Å². The number of nitrogens with zero attached hydrogens (tertiary/aromatic N) is 1. The van der Waals surface area contributed by atoms with E-state index in [0.717, 1.165) is 31.4 Å². The van der Waals surface area contributed by atoms with E-state index in [1.54, 1.807) is 0 Å². The second-order valence-corrected chi connectivity index (χ2v) is 17.3. The molecule has 0 heterocycles. The fourth-order valence-corrected chi connectivity index (χ4v) is 10.3. The molecule has 0 aromatic heterocycles. The van der Waals surface area contributed by atoms with E-state index >= 15 is 0 Å². The highest BCUT2D eigenvalue weighted by molar-refractivity contribution is 6.22. The van der Waals surface area contributed by atoms with Crippen LogP contribution in [0.25, 0.3) is 71.6 Å². The first-order chi connectivity index (χ1) is 30.0. The molecule has 1 heteroatoms. The molecule has 0 spiro atoms. The van der Waals surface area contributed by atoms with Crippen molar-refractivity contribution in [1.29, 1.82) is 0 Å². The molecule has 8 aromatic carbocycles. The van der Waals surface area contributed by atoms with Crippen LogP contribution in [0.15, 0.2) is 221 Å². The van der Waals surface area contributed by atoms with E-state index in [2.05, 4.69) is 190 Å². The van der Waals surface area contributed by atoms with Gasteiger partial charge in [0.15, 0.2) is 0 Å². The Hall–Kier alpha value is -7.09. The molecule has 0 bridgehead atoms. The van der Waals surface area contributed by atoms with Crippen LogP contribution >= 0.6 is 0 Å². The van der Waals surface area contributed by atoms with E-state index in [1.807, 2.05) is 24.4 Å². The summed E-state index contributed by atoms with van der Waals surface area (Å²) in [6, 6.07) is 64.4. The Bertz CT molecular complexity index is 3170. The standard InChI is InChI=1S/C60H47N/c1-60(2)56-36-46(43-22-14-17-40(33-43)39-61-49-27-10-5-11-28-49)31-32-50(56)53-37-54-55(38-57(53)60)59(48-26-16-24-45(35-48)42-20-8-4-9-21-42)52-30-13-12-29-51(52)58(54)47-25-15-23-44(34-47)41-18-6-3-7-19-41/h3-13,15-21,23-30,33-39H,14,22,31-32H2,1-2H3/b61-39+. The summed E-state index contributed by atoms with van der Waals surface area (Å²) in [4.78, 5) is 4.79. The molecule has 0 radical (unpaired) electrons. The zero-order chi connectivity index (χ0) is 40.9. The fourth-order valence-electron chi connectivity index (χ4n) is 10.3. The Morgan fingerprint density at radius 1 is 0.459 bits per heavy atom. The minimum atomic E-state index is -0.157. The summed E-state index contributed by atoms with van der Waals surface area (Å²) in [7, 11) is 0. The lowest BCUT2D eigenvalue weighted by molar-refractivity contribution is 0.650.